The van der Waals surface area contributed by atoms with Crippen molar-refractivity contribution < 1.29 is 9.53 Å². The lowest BCUT2D eigenvalue weighted by atomic mass is 10.1. The van der Waals surface area contributed by atoms with Gasteiger partial charge >= 0.3 is 0 Å². The molecule has 0 radical (unpaired) electrons. The standard InChI is InChI=1S/C15H17N3O2/c1-18-9-13(12-4-2-3-5-14(12)18)15(19)17-16-8-11-6-7-20-10-11/h2-5,8-9,11H,6-7,10H2,1H3,(H,17,19). The molecule has 1 aliphatic heterocycles. The van der Waals surface area contributed by atoms with E-state index in [1.165, 1.54) is 0 Å². The zero-order chi connectivity index (χ0) is 13.9. The molecule has 2 heterocycles. The van der Waals surface area contributed by atoms with Gasteiger partial charge in [-0.25, -0.2) is 5.43 Å². The van der Waals surface area contributed by atoms with E-state index in [0.717, 1.165) is 23.9 Å². The summed E-state index contributed by atoms with van der Waals surface area (Å²) in [6.45, 7) is 1.46. The number of hydrogen-bond acceptors (Lipinski definition) is 3. The highest BCUT2D eigenvalue weighted by Gasteiger charge is 2.14. The Hall–Kier alpha value is -2.14. The molecule has 5 nitrogen and oxygen atoms in total. The Bertz CT molecular complexity index is 654. The molecule has 1 fully saturated rings. The van der Waals surface area contributed by atoms with Crippen LogP contribution in [-0.2, 0) is 11.8 Å². The van der Waals surface area contributed by atoms with Crippen molar-refractivity contribution in [3.05, 3.63) is 36.0 Å². The van der Waals surface area contributed by atoms with Crippen LogP contribution in [0.4, 0.5) is 0 Å². The molecule has 2 aromatic rings. The third kappa shape index (κ3) is 2.44. The second-order valence-electron chi connectivity index (χ2n) is 5.01. The molecule has 1 aromatic carbocycles. The Morgan fingerprint density at radius 3 is 3.15 bits per heavy atom. The average molecular weight is 271 g/mol. The fourth-order valence-corrected chi connectivity index (χ4v) is 2.45. The van der Waals surface area contributed by atoms with Crippen molar-refractivity contribution in [3.8, 4) is 0 Å². The van der Waals surface area contributed by atoms with Gasteiger partial charge in [0.25, 0.3) is 5.91 Å². The Morgan fingerprint density at radius 2 is 2.35 bits per heavy atom. The summed E-state index contributed by atoms with van der Waals surface area (Å²) < 4.78 is 7.20. The summed E-state index contributed by atoms with van der Waals surface area (Å²) in [6, 6.07) is 7.82. The fraction of sp³-hybridized carbons (Fsp3) is 0.333. The molecule has 0 spiro atoms. The molecule has 0 saturated carbocycles. The van der Waals surface area contributed by atoms with E-state index < -0.39 is 0 Å². The molecule has 3 rings (SSSR count). The molecule has 5 heteroatoms. The van der Waals surface area contributed by atoms with Crippen LogP contribution in [0.2, 0.25) is 0 Å². The summed E-state index contributed by atoms with van der Waals surface area (Å²) in [5.74, 6) is 0.125. The van der Waals surface area contributed by atoms with Gasteiger partial charge < -0.3 is 9.30 Å². The third-order valence-electron chi connectivity index (χ3n) is 3.56. The monoisotopic (exact) mass is 271 g/mol. The van der Waals surface area contributed by atoms with Gasteiger partial charge in [0.15, 0.2) is 0 Å². The highest BCUT2D eigenvalue weighted by molar-refractivity contribution is 6.07. The number of rotatable bonds is 3. The van der Waals surface area contributed by atoms with E-state index >= 15 is 0 Å². The maximum atomic E-state index is 12.2. The van der Waals surface area contributed by atoms with Gasteiger partial charge in [0, 0.05) is 42.9 Å². The number of fused-ring (bicyclic) bond motifs is 1. The smallest absolute Gasteiger partial charge is 0.273 e. The first kappa shape index (κ1) is 12.9. The molecule has 104 valence electrons. The van der Waals surface area contributed by atoms with Gasteiger partial charge in [0.2, 0.25) is 0 Å². The van der Waals surface area contributed by atoms with Crippen molar-refractivity contribution in [3.63, 3.8) is 0 Å². The SMILES string of the molecule is Cn1cc(C(=O)NN=CC2CCOC2)c2ccccc21. The van der Waals surface area contributed by atoms with Crippen LogP contribution < -0.4 is 5.43 Å². The van der Waals surface area contributed by atoms with Crippen molar-refractivity contribution in [2.75, 3.05) is 13.2 Å². The topological polar surface area (TPSA) is 55.6 Å². The van der Waals surface area contributed by atoms with Crippen molar-refractivity contribution in [1.82, 2.24) is 9.99 Å². The van der Waals surface area contributed by atoms with E-state index in [2.05, 4.69) is 10.5 Å². The van der Waals surface area contributed by atoms with Gasteiger partial charge in [-0.05, 0) is 12.5 Å². The van der Waals surface area contributed by atoms with Crippen molar-refractivity contribution in [1.29, 1.82) is 0 Å². The molecule has 1 amide bonds. The molecule has 20 heavy (non-hydrogen) atoms. The normalized spacial score (nSPS) is 18.9. The molecule has 1 unspecified atom stereocenters. The number of aromatic nitrogens is 1. The van der Waals surface area contributed by atoms with E-state index in [9.17, 15) is 4.79 Å². The van der Waals surface area contributed by atoms with Crippen LogP contribution in [0, 0.1) is 5.92 Å². The maximum Gasteiger partial charge on any atom is 0.273 e. The summed E-state index contributed by atoms with van der Waals surface area (Å²) >= 11 is 0. The summed E-state index contributed by atoms with van der Waals surface area (Å²) in [5.41, 5.74) is 4.27. The maximum absolute atomic E-state index is 12.2. The van der Waals surface area contributed by atoms with E-state index in [1.807, 2.05) is 42.1 Å². The summed E-state index contributed by atoms with van der Waals surface area (Å²) in [5, 5.41) is 4.97. The first-order valence-corrected chi connectivity index (χ1v) is 6.71. The van der Waals surface area contributed by atoms with Crippen molar-refractivity contribution >= 4 is 23.0 Å². The molecular formula is C15H17N3O2. The van der Waals surface area contributed by atoms with E-state index in [1.54, 1.807) is 6.21 Å². The van der Waals surface area contributed by atoms with Gasteiger partial charge in [0.1, 0.15) is 0 Å². The largest absolute Gasteiger partial charge is 0.381 e. The summed E-state index contributed by atoms with van der Waals surface area (Å²) in [4.78, 5) is 12.2. The average Bonchev–Trinajstić information content (AvgIpc) is 3.08. The fourth-order valence-electron chi connectivity index (χ4n) is 2.45. The zero-order valence-corrected chi connectivity index (χ0v) is 11.4. The molecular weight excluding hydrogens is 254 g/mol. The first-order chi connectivity index (χ1) is 9.75. The molecule has 0 aliphatic carbocycles. The molecule has 1 atom stereocenters. The van der Waals surface area contributed by atoms with Crippen LogP contribution in [0.15, 0.2) is 35.6 Å². The second kappa shape index (κ2) is 5.46. The Kier molecular flexibility index (Phi) is 3.52. The van der Waals surface area contributed by atoms with Gasteiger partial charge in [-0.2, -0.15) is 5.10 Å². The van der Waals surface area contributed by atoms with E-state index in [4.69, 9.17) is 4.74 Å². The number of para-hydroxylation sites is 1. The summed E-state index contributed by atoms with van der Waals surface area (Å²) in [7, 11) is 1.93. The summed E-state index contributed by atoms with van der Waals surface area (Å²) in [6.07, 6.45) is 4.55. The van der Waals surface area contributed by atoms with Crippen LogP contribution in [0.25, 0.3) is 10.9 Å². The zero-order valence-electron chi connectivity index (χ0n) is 11.4. The van der Waals surface area contributed by atoms with Crippen LogP contribution in [0.3, 0.4) is 0 Å². The molecule has 1 aliphatic rings. The van der Waals surface area contributed by atoms with E-state index in [0.29, 0.717) is 18.1 Å². The third-order valence-corrected chi connectivity index (χ3v) is 3.56. The number of carbonyl (C=O) groups excluding carboxylic acids is 1. The number of hydrogen-bond donors (Lipinski definition) is 1. The molecule has 0 bridgehead atoms. The minimum atomic E-state index is -0.183. The number of benzene rings is 1. The number of nitrogens with one attached hydrogen (secondary N) is 1. The quantitative estimate of drug-likeness (QED) is 0.685. The first-order valence-electron chi connectivity index (χ1n) is 6.71. The lowest BCUT2D eigenvalue weighted by Crippen LogP contribution is -2.18. The minimum Gasteiger partial charge on any atom is -0.381 e. The lowest BCUT2D eigenvalue weighted by molar-refractivity contribution is 0.0956. The van der Waals surface area contributed by atoms with Crippen LogP contribution in [-0.4, -0.2) is 29.9 Å². The predicted molar refractivity (Wildman–Crippen MR) is 77.8 cm³/mol. The lowest BCUT2D eigenvalue weighted by Gasteiger charge is -2.00. The minimum absolute atomic E-state index is 0.183. The van der Waals surface area contributed by atoms with Gasteiger partial charge in [0.05, 0.1) is 12.2 Å². The van der Waals surface area contributed by atoms with Gasteiger partial charge in [-0.1, -0.05) is 18.2 Å². The number of hydrazone groups is 1. The predicted octanol–water partition coefficient (Wildman–Crippen LogP) is 1.93. The number of aryl methyl sites for hydroxylation is 1. The van der Waals surface area contributed by atoms with Crippen LogP contribution in [0.1, 0.15) is 16.8 Å². The highest BCUT2D eigenvalue weighted by atomic mass is 16.5. The van der Waals surface area contributed by atoms with Crippen LogP contribution in [0.5, 0.6) is 0 Å². The highest BCUT2D eigenvalue weighted by Crippen LogP contribution is 2.20. The second-order valence-corrected chi connectivity index (χ2v) is 5.01. The molecule has 1 N–H and O–H groups in total. The Morgan fingerprint density at radius 1 is 1.50 bits per heavy atom. The van der Waals surface area contributed by atoms with Crippen molar-refractivity contribution in [2.45, 2.75) is 6.42 Å². The van der Waals surface area contributed by atoms with E-state index in [-0.39, 0.29) is 5.91 Å². The van der Waals surface area contributed by atoms with Gasteiger partial charge in [-0.3, -0.25) is 4.79 Å². The Balaban J connectivity index is 1.75. The van der Waals surface area contributed by atoms with Gasteiger partial charge in [-0.15, -0.1) is 0 Å². The Labute approximate surface area is 117 Å². The number of amides is 1. The number of ether oxygens (including phenoxy) is 1. The molecule has 1 aromatic heterocycles. The molecule has 1 saturated heterocycles. The van der Waals surface area contributed by atoms with Crippen LogP contribution >= 0.6 is 0 Å². The van der Waals surface area contributed by atoms with Crippen molar-refractivity contribution in [2.24, 2.45) is 18.1 Å². The number of nitrogens with zero attached hydrogens (tertiary/aromatic N) is 2. The number of carbonyl (C=O) groups is 1.